The first-order valence-corrected chi connectivity index (χ1v) is 7.88. The van der Waals surface area contributed by atoms with Crippen LogP contribution in [0, 0.1) is 10.1 Å². The molecular formula is C16H20N4O4. The maximum atomic E-state index is 12.4. The molecule has 0 bridgehead atoms. The van der Waals surface area contributed by atoms with E-state index in [1.165, 1.54) is 12.1 Å². The van der Waals surface area contributed by atoms with Crippen molar-refractivity contribution < 1.29 is 14.5 Å². The lowest BCUT2D eigenvalue weighted by molar-refractivity contribution is -0.384. The van der Waals surface area contributed by atoms with Gasteiger partial charge in [0, 0.05) is 18.7 Å². The van der Waals surface area contributed by atoms with Crippen molar-refractivity contribution in [2.24, 2.45) is 0 Å². The SMILES string of the molecule is CC(C)(C)OC(=O)N1CCC[C@@H]1c1nc2ccc([N+](=O)[O-])cc2[nH]1. The van der Waals surface area contributed by atoms with Crippen LogP contribution in [0.15, 0.2) is 18.2 Å². The topological polar surface area (TPSA) is 101 Å². The van der Waals surface area contributed by atoms with Crippen molar-refractivity contribution in [2.75, 3.05) is 6.54 Å². The Balaban J connectivity index is 1.88. The molecule has 1 aromatic carbocycles. The number of nitro benzene ring substituents is 1. The summed E-state index contributed by atoms with van der Waals surface area (Å²) in [6.07, 6.45) is 1.28. The van der Waals surface area contributed by atoms with Gasteiger partial charge in [0.15, 0.2) is 0 Å². The maximum absolute atomic E-state index is 12.4. The third-order valence-electron chi connectivity index (χ3n) is 3.89. The van der Waals surface area contributed by atoms with Crippen LogP contribution in [0.5, 0.6) is 0 Å². The molecule has 128 valence electrons. The molecule has 0 aliphatic carbocycles. The standard InChI is InChI=1S/C16H20N4O4/c1-16(2,3)24-15(21)19-8-4-5-13(19)14-17-11-7-6-10(20(22)23)9-12(11)18-14/h6-7,9,13H,4-5,8H2,1-3H3,(H,17,18)/t13-/m1/s1. The largest absolute Gasteiger partial charge is 0.444 e. The molecule has 0 spiro atoms. The molecule has 2 heterocycles. The Labute approximate surface area is 139 Å². The highest BCUT2D eigenvalue weighted by atomic mass is 16.6. The van der Waals surface area contributed by atoms with Gasteiger partial charge < -0.3 is 9.72 Å². The van der Waals surface area contributed by atoms with Gasteiger partial charge in [-0.3, -0.25) is 15.0 Å². The Morgan fingerprint density at radius 1 is 1.46 bits per heavy atom. The number of carbonyl (C=O) groups excluding carboxylic acids is 1. The van der Waals surface area contributed by atoms with E-state index >= 15 is 0 Å². The molecule has 3 rings (SSSR count). The van der Waals surface area contributed by atoms with Crippen molar-refractivity contribution in [1.29, 1.82) is 0 Å². The fourth-order valence-electron chi connectivity index (χ4n) is 2.88. The van der Waals surface area contributed by atoms with Crippen molar-refractivity contribution in [3.63, 3.8) is 0 Å². The highest BCUT2D eigenvalue weighted by molar-refractivity contribution is 5.78. The number of hydrogen-bond donors (Lipinski definition) is 1. The number of hydrogen-bond acceptors (Lipinski definition) is 5. The number of rotatable bonds is 2. The fraction of sp³-hybridized carbons (Fsp3) is 0.500. The number of non-ortho nitro benzene ring substituents is 1. The van der Waals surface area contributed by atoms with E-state index in [1.54, 1.807) is 11.0 Å². The lowest BCUT2D eigenvalue weighted by Gasteiger charge is -2.27. The van der Waals surface area contributed by atoms with Crippen LogP contribution in [-0.2, 0) is 4.74 Å². The Morgan fingerprint density at radius 3 is 2.88 bits per heavy atom. The van der Waals surface area contributed by atoms with E-state index in [1.807, 2.05) is 20.8 Å². The van der Waals surface area contributed by atoms with Crippen molar-refractivity contribution in [2.45, 2.75) is 45.3 Å². The normalized spacial score (nSPS) is 18.1. The molecule has 1 aliphatic heterocycles. The number of aromatic nitrogens is 2. The molecule has 1 N–H and O–H groups in total. The molecular weight excluding hydrogens is 312 g/mol. The number of nitrogens with one attached hydrogen (secondary N) is 1. The van der Waals surface area contributed by atoms with E-state index in [4.69, 9.17) is 4.74 Å². The molecule has 0 unspecified atom stereocenters. The van der Waals surface area contributed by atoms with Crippen LogP contribution in [-0.4, -0.2) is 38.0 Å². The molecule has 8 heteroatoms. The summed E-state index contributed by atoms with van der Waals surface area (Å²) < 4.78 is 5.45. The predicted octanol–water partition coefficient (Wildman–Crippen LogP) is 3.54. The van der Waals surface area contributed by atoms with Gasteiger partial charge in [0.05, 0.1) is 22.0 Å². The minimum absolute atomic E-state index is 0.00752. The number of nitro groups is 1. The lowest BCUT2D eigenvalue weighted by Crippen LogP contribution is -2.36. The molecule has 24 heavy (non-hydrogen) atoms. The second kappa shape index (κ2) is 5.77. The number of imidazole rings is 1. The fourth-order valence-corrected chi connectivity index (χ4v) is 2.88. The lowest BCUT2D eigenvalue weighted by atomic mass is 10.2. The van der Waals surface area contributed by atoms with E-state index in [-0.39, 0.29) is 17.8 Å². The van der Waals surface area contributed by atoms with Crippen LogP contribution in [0.25, 0.3) is 11.0 Å². The number of benzene rings is 1. The van der Waals surface area contributed by atoms with Crippen molar-refractivity contribution in [3.8, 4) is 0 Å². The zero-order valence-electron chi connectivity index (χ0n) is 13.9. The molecule has 2 aromatic rings. The summed E-state index contributed by atoms with van der Waals surface area (Å²) in [5.74, 6) is 0.633. The number of H-pyrrole nitrogens is 1. The quantitative estimate of drug-likeness (QED) is 0.669. The van der Waals surface area contributed by atoms with Crippen LogP contribution >= 0.6 is 0 Å². The molecule has 1 aromatic heterocycles. The Kier molecular flexibility index (Phi) is 3.90. The summed E-state index contributed by atoms with van der Waals surface area (Å²) in [5, 5.41) is 10.9. The van der Waals surface area contributed by atoms with E-state index in [2.05, 4.69) is 9.97 Å². The Hall–Kier alpha value is -2.64. The summed E-state index contributed by atoms with van der Waals surface area (Å²) >= 11 is 0. The van der Waals surface area contributed by atoms with Gasteiger partial charge in [-0.05, 0) is 39.7 Å². The number of aromatic amines is 1. The van der Waals surface area contributed by atoms with Gasteiger partial charge in [-0.2, -0.15) is 0 Å². The van der Waals surface area contributed by atoms with Crippen LogP contribution in [0.2, 0.25) is 0 Å². The number of carbonyl (C=O) groups is 1. The second-order valence-corrected chi connectivity index (χ2v) is 6.91. The third kappa shape index (κ3) is 3.17. The average Bonchev–Trinajstić information content (AvgIpc) is 3.10. The van der Waals surface area contributed by atoms with Gasteiger partial charge in [0.25, 0.3) is 5.69 Å². The summed E-state index contributed by atoms with van der Waals surface area (Å²) in [5.41, 5.74) is 0.689. The van der Waals surface area contributed by atoms with Gasteiger partial charge >= 0.3 is 6.09 Å². The molecule has 0 radical (unpaired) electrons. The first-order valence-electron chi connectivity index (χ1n) is 7.88. The van der Waals surface area contributed by atoms with Gasteiger partial charge in [0.2, 0.25) is 0 Å². The molecule has 1 amide bonds. The Bertz CT molecular complexity index is 793. The molecule has 1 aliphatic rings. The zero-order chi connectivity index (χ0) is 17.5. The summed E-state index contributed by atoms with van der Waals surface area (Å²) in [6, 6.07) is 4.29. The smallest absolute Gasteiger partial charge is 0.410 e. The molecule has 0 saturated carbocycles. The van der Waals surface area contributed by atoms with Gasteiger partial charge in [0.1, 0.15) is 11.4 Å². The van der Waals surface area contributed by atoms with E-state index < -0.39 is 10.5 Å². The first-order chi connectivity index (χ1) is 11.2. The van der Waals surface area contributed by atoms with Crippen LogP contribution in [0.1, 0.15) is 45.5 Å². The second-order valence-electron chi connectivity index (χ2n) is 6.91. The van der Waals surface area contributed by atoms with E-state index in [9.17, 15) is 14.9 Å². The average molecular weight is 332 g/mol. The summed E-state index contributed by atoms with van der Waals surface area (Å²) in [6.45, 7) is 6.10. The highest BCUT2D eigenvalue weighted by Crippen LogP contribution is 2.33. The molecule has 1 saturated heterocycles. The van der Waals surface area contributed by atoms with Crippen LogP contribution in [0.4, 0.5) is 10.5 Å². The number of likely N-dealkylation sites (tertiary alicyclic amines) is 1. The minimum atomic E-state index is -0.557. The van der Waals surface area contributed by atoms with Crippen LogP contribution < -0.4 is 0 Å². The van der Waals surface area contributed by atoms with Crippen molar-refractivity contribution in [3.05, 3.63) is 34.1 Å². The van der Waals surface area contributed by atoms with Gasteiger partial charge in [-0.25, -0.2) is 9.78 Å². The van der Waals surface area contributed by atoms with E-state index in [0.717, 1.165) is 12.8 Å². The third-order valence-corrected chi connectivity index (χ3v) is 3.89. The minimum Gasteiger partial charge on any atom is -0.444 e. The first kappa shape index (κ1) is 16.2. The molecule has 1 fully saturated rings. The number of nitrogens with zero attached hydrogens (tertiary/aromatic N) is 3. The number of ether oxygens (including phenoxy) is 1. The summed E-state index contributed by atoms with van der Waals surface area (Å²) in [4.78, 5) is 32.1. The monoisotopic (exact) mass is 332 g/mol. The van der Waals surface area contributed by atoms with Gasteiger partial charge in [-0.15, -0.1) is 0 Å². The predicted molar refractivity (Wildman–Crippen MR) is 87.7 cm³/mol. The number of amides is 1. The summed E-state index contributed by atoms with van der Waals surface area (Å²) in [7, 11) is 0. The molecule has 8 nitrogen and oxygen atoms in total. The van der Waals surface area contributed by atoms with E-state index in [0.29, 0.717) is 23.4 Å². The maximum Gasteiger partial charge on any atom is 0.410 e. The van der Waals surface area contributed by atoms with Crippen molar-refractivity contribution in [1.82, 2.24) is 14.9 Å². The molecule has 1 atom stereocenters. The number of fused-ring (bicyclic) bond motifs is 1. The van der Waals surface area contributed by atoms with Gasteiger partial charge in [-0.1, -0.05) is 0 Å². The van der Waals surface area contributed by atoms with Crippen LogP contribution in [0.3, 0.4) is 0 Å². The highest BCUT2D eigenvalue weighted by Gasteiger charge is 2.35. The van der Waals surface area contributed by atoms with Crippen molar-refractivity contribution >= 4 is 22.8 Å². The Morgan fingerprint density at radius 2 is 2.21 bits per heavy atom. The zero-order valence-corrected chi connectivity index (χ0v) is 13.9.